The molecule has 0 aromatic heterocycles. The highest BCUT2D eigenvalue weighted by atomic mass is 16.4. The minimum atomic E-state index is -0.838. The molecule has 1 atom stereocenters. The van der Waals surface area contributed by atoms with E-state index >= 15 is 0 Å². The average Bonchev–Trinajstić information content (AvgIpc) is 2.46. The fraction of sp³-hybridized carbons (Fsp3) is 0.562. The first-order chi connectivity index (χ1) is 9.66. The van der Waals surface area contributed by atoms with Crippen LogP contribution in [0.2, 0.25) is 0 Å². The minimum absolute atomic E-state index is 0.0800. The Bertz CT molecular complexity index is 508. The number of hydrogen-bond acceptors (Lipinski definition) is 2. The van der Waals surface area contributed by atoms with E-state index < -0.39 is 6.09 Å². The average molecular weight is 275 g/mol. The lowest BCUT2D eigenvalue weighted by Crippen LogP contribution is -2.43. The molecule has 1 saturated carbocycles. The Morgan fingerprint density at radius 3 is 2.65 bits per heavy atom. The fourth-order valence-corrected chi connectivity index (χ4v) is 3.81. The van der Waals surface area contributed by atoms with Crippen LogP contribution in [0.4, 0.5) is 4.79 Å². The molecule has 0 bridgehead atoms. The molecule has 4 heteroatoms. The van der Waals surface area contributed by atoms with Crippen molar-refractivity contribution in [2.45, 2.75) is 44.6 Å². The lowest BCUT2D eigenvalue weighted by Gasteiger charge is -2.41. The van der Waals surface area contributed by atoms with Gasteiger partial charge in [0.1, 0.15) is 5.75 Å². The Labute approximate surface area is 119 Å². The summed E-state index contributed by atoms with van der Waals surface area (Å²) >= 11 is 0. The number of phenols is 1. The van der Waals surface area contributed by atoms with Crippen molar-refractivity contribution in [1.82, 2.24) is 4.90 Å². The maximum atomic E-state index is 11.6. The third kappa shape index (κ3) is 2.35. The Morgan fingerprint density at radius 1 is 1.20 bits per heavy atom. The van der Waals surface area contributed by atoms with Gasteiger partial charge in [0.05, 0.1) is 6.04 Å². The summed E-state index contributed by atoms with van der Waals surface area (Å²) < 4.78 is 0. The number of hydrogen-bond donors (Lipinski definition) is 2. The van der Waals surface area contributed by atoms with E-state index in [4.69, 9.17) is 0 Å². The molecule has 1 aliphatic heterocycles. The van der Waals surface area contributed by atoms with Crippen molar-refractivity contribution < 1.29 is 15.0 Å². The van der Waals surface area contributed by atoms with Crippen LogP contribution in [0.5, 0.6) is 5.75 Å². The normalized spacial score (nSPS) is 23.4. The van der Waals surface area contributed by atoms with E-state index in [1.54, 1.807) is 17.0 Å². The summed E-state index contributed by atoms with van der Waals surface area (Å²) in [6.07, 6.45) is 5.70. The molecular formula is C16H21NO3. The van der Waals surface area contributed by atoms with E-state index in [9.17, 15) is 15.0 Å². The molecule has 1 fully saturated rings. The van der Waals surface area contributed by atoms with Crippen molar-refractivity contribution in [1.29, 1.82) is 0 Å². The molecular weight excluding hydrogens is 254 g/mol. The monoisotopic (exact) mass is 275 g/mol. The first kappa shape index (κ1) is 13.3. The second kappa shape index (κ2) is 5.35. The summed E-state index contributed by atoms with van der Waals surface area (Å²) in [6.45, 7) is 0.564. The molecule has 4 nitrogen and oxygen atoms in total. The Morgan fingerprint density at radius 2 is 1.95 bits per heavy atom. The lowest BCUT2D eigenvalue weighted by atomic mass is 9.77. The number of rotatable bonds is 1. The number of benzene rings is 1. The summed E-state index contributed by atoms with van der Waals surface area (Å²) in [5.74, 6) is 0.623. The zero-order valence-corrected chi connectivity index (χ0v) is 11.6. The van der Waals surface area contributed by atoms with Crippen LogP contribution in [0, 0.1) is 5.92 Å². The van der Waals surface area contributed by atoms with Gasteiger partial charge in [-0.2, -0.15) is 0 Å². The number of amides is 1. The smallest absolute Gasteiger partial charge is 0.407 e. The van der Waals surface area contributed by atoms with Crippen LogP contribution >= 0.6 is 0 Å². The van der Waals surface area contributed by atoms with Crippen molar-refractivity contribution >= 4 is 6.09 Å². The highest BCUT2D eigenvalue weighted by Gasteiger charge is 2.36. The summed E-state index contributed by atoms with van der Waals surface area (Å²) in [5, 5.41) is 19.3. The molecule has 1 aliphatic carbocycles. The largest absolute Gasteiger partial charge is 0.508 e. The predicted molar refractivity (Wildman–Crippen MR) is 75.9 cm³/mol. The highest BCUT2D eigenvalue weighted by molar-refractivity contribution is 5.67. The standard InChI is InChI=1S/C16H21NO3/c18-13-7-6-11-8-9-17(16(19)20)15(14(11)10-13)12-4-2-1-3-5-12/h6-7,10,12,15,18H,1-5,8-9H2,(H,19,20). The van der Waals surface area contributed by atoms with E-state index in [1.807, 2.05) is 6.07 Å². The molecule has 1 aromatic carbocycles. The quantitative estimate of drug-likeness (QED) is 0.824. The number of carboxylic acid groups (broad SMARTS) is 1. The lowest BCUT2D eigenvalue weighted by molar-refractivity contribution is 0.0872. The maximum absolute atomic E-state index is 11.6. The molecule has 1 amide bonds. The Kier molecular flexibility index (Phi) is 3.55. The van der Waals surface area contributed by atoms with Crippen molar-refractivity contribution in [2.75, 3.05) is 6.54 Å². The molecule has 0 radical (unpaired) electrons. The molecule has 2 aliphatic rings. The third-order valence-corrected chi connectivity index (χ3v) is 4.75. The first-order valence-electron chi connectivity index (χ1n) is 7.48. The Balaban J connectivity index is 2.00. The second-order valence-electron chi connectivity index (χ2n) is 5.95. The van der Waals surface area contributed by atoms with Gasteiger partial charge in [-0.05, 0) is 48.4 Å². The summed E-state index contributed by atoms with van der Waals surface area (Å²) in [7, 11) is 0. The molecule has 20 heavy (non-hydrogen) atoms. The number of phenolic OH excluding ortho intramolecular Hbond substituents is 1. The molecule has 3 rings (SSSR count). The molecule has 2 N–H and O–H groups in total. The first-order valence-corrected chi connectivity index (χ1v) is 7.48. The van der Waals surface area contributed by atoms with Crippen molar-refractivity contribution in [3.63, 3.8) is 0 Å². The van der Waals surface area contributed by atoms with E-state index in [2.05, 4.69) is 0 Å². The van der Waals surface area contributed by atoms with Gasteiger partial charge in [0.2, 0.25) is 0 Å². The molecule has 0 spiro atoms. The molecule has 1 heterocycles. The van der Waals surface area contributed by atoms with E-state index in [1.165, 1.54) is 24.8 Å². The van der Waals surface area contributed by atoms with Crippen LogP contribution in [-0.2, 0) is 6.42 Å². The van der Waals surface area contributed by atoms with Crippen molar-refractivity contribution in [2.24, 2.45) is 5.92 Å². The van der Waals surface area contributed by atoms with E-state index in [-0.39, 0.29) is 11.8 Å². The van der Waals surface area contributed by atoms with Gasteiger partial charge in [-0.15, -0.1) is 0 Å². The maximum Gasteiger partial charge on any atom is 0.407 e. The number of carbonyl (C=O) groups is 1. The SMILES string of the molecule is O=C(O)N1CCc2ccc(O)cc2C1C1CCCCC1. The van der Waals surface area contributed by atoms with Gasteiger partial charge in [0.25, 0.3) is 0 Å². The molecule has 108 valence electrons. The van der Waals surface area contributed by atoms with Crippen LogP contribution in [0.1, 0.15) is 49.3 Å². The highest BCUT2D eigenvalue weighted by Crippen LogP contribution is 2.42. The summed E-state index contributed by atoms with van der Waals surface area (Å²) in [5.41, 5.74) is 2.21. The summed E-state index contributed by atoms with van der Waals surface area (Å²) in [6, 6.07) is 5.33. The van der Waals surface area contributed by atoms with Crippen LogP contribution in [0.25, 0.3) is 0 Å². The third-order valence-electron chi connectivity index (χ3n) is 4.75. The summed E-state index contributed by atoms with van der Waals surface area (Å²) in [4.78, 5) is 13.1. The van der Waals surface area contributed by atoms with Crippen LogP contribution in [0.3, 0.4) is 0 Å². The van der Waals surface area contributed by atoms with Gasteiger partial charge < -0.3 is 15.1 Å². The number of nitrogens with zero attached hydrogens (tertiary/aromatic N) is 1. The topological polar surface area (TPSA) is 60.8 Å². The van der Waals surface area contributed by atoms with E-state index in [0.717, 1.165) is 24.8 Å². The van der Waals surface area contributed by atoms with Gasteiger partial charge in [0, 0.05) is 6.54 Å². The van der Waals surface area contributed by atoms with Gasteiger partial charge in [-0.3, -0.25) is 0 Å². The fourth-order valence-electron chi connectivity index (χ4n) is 3.81. The van der Waals surface area contributed by atoms with Crippen LogP contribution < -0.4 is 0 Å². The molecule has 1 unspecified atom stereocenters. The number of aromatic hydroxyl groups is 1. The number of fused-ring (bicyclic) bond motifs is 1. The van der Waals surface area contributed by atoms with Crippen molar-refractivity contribution in [3.05, 3.63) is 29.3 Å². The van der Waals surface area contributed by atoms with Crippen LogP contribution in [0.15, 0.2) is 18.2 Å². The molecule has 1 aromatic rings. The minimum Gasteiger partial charge on any atom is -0.508 e. The molecule has 0 saturated heterocycles. The second-order valence-corrected chi connectivity index (χ2v) is 5.95. The van der Waals surface area contributed by atoms with Crippen molar-refractivity contribution in [3.8, 4) is 5.75 Å². The van der Waals surface area contributed by atoms with Gasteiger partial charge >= 0.3 is 6.09 Å². The van der Waals surface area contributed by atoms with Gasteiger partial charge in [-0.25, -0.2) is 4.79 Å². The van der Waals surface area contributed by atoms with Gasteiger partial charge in [0.15, 0.2) is 0 Å². The predicted octanol–water partition coefficient (Wildman–Crippen LogP) is 3.55. The Hall–Kier alpha value is -1.71. The zero-order valence-electron chi connectivity index (χ0n) is 11.6. The van der Waals surface area contributed by atoms with E-state index in [0.29, 0.717) is 12.5 Å². The van der Waals surface area contributed by atoms with Gasteiger partial charge in [-0.1, -0.05) is 25.3 Å². The zero-order chi connectivity index (χ0) is 14.1. The van der Waals surface area contributed by atoms with Crippen LogP contribution in [-0.4, -0.2) is 27.8 Å².